The largest absolute Gasteiger partial charge is 0.496 e. The molecule has 0 atom stereocenters. The van der Waals surface area contributed by atoms with E-state index < -0.39 is 29.8 Å². The number of benzene rings is 1. The van der Waals surface area contributed by atoms with Crippen LogP contribution in [0.2, 0.25) is 0 Å². The molecule has 0 aliphatic heterocycles. The van der Waals surface area contributed by atoms with E-state index in [2.05, 4.69) is 15.5 Å². The first-order chi connectivity index (χ1) is 13.6. The first-order valence-electron chi connectivity index (χ1n) is 8.51. The zero-order chi connectivity index (χ0) is 21.3. The number of aryl methyl sites for hydroxylation is 2. The zero-order valence-electron chi connectivity index (χ0n) is 15.8. The Bertz CT molecular complexity index is 1060. The second-order valence-corrected chi connectivity index (χ2v) is 6.34. The predicted molar refractivity (Wildman–Crippen MR) is 99.1 cm³/mol. The number of nitrogens with zero attached hydrogens (tertiary/aromatic N) is 3. The molecule has 0 aliphatic rings. The van der Waals surface area contributed by atoms with Crippen LogP contribution in [0.15, 0.2) is 22.9 Å². The monoisotopic (exact) mass is 410 g/mol. The zero-order valence-corrected chi connectivity index (χ0v) is 15.8. The second kappa shape index (κ2) is 7.57. The second-order valence-electron chi connectivity index (χ2n) is 6.34. The summed E-state index contributed by atoms with van der Waals surface area (Å²) in [5, 5.41) is 18.1. The highest BCUT2D eigenvalue weighted by atomic mass is 19.4. The third-order valence-electron chi connectivity index (χ3n) is 4.38. The number of methoxy groups -OCH3 is 1. The van der Waals surface area contributed by atoms with Gasteiger partial charge in [0.1, 0.15) is 23.4 Å². The molecule has 0 fully saturated rings. The van der Waals surface area contributed by atoms with E-state index in [1.54, 1.807) is 19.9 Å². The summed E-state index contributed by atoms with van der Waals surface area (Å²) in [7, 11) is 1.42. The molecule has 2 heterocycles. The molecule has 0 bridgehead atoms. The number of fused-ring (bicyclic) bond motifs is 1. The summed E-state index contributed by atoms with van der Waals surface area (Å²) >= 11 is 0. The number of hydrogen-bond donors (Lipinski definition) is 1. The molecule has 1 N–H and O–H groups in total. The summed E-state index contributed by atoms with van der Waals surface area (Å²) < 4.78 is 48.2. The Morgan fingerprint density at radius 3 is 2.59 bits per heavy atom. The maximum Gasteiger partial charge on any atom is 0.390 e. The van der Waals surface area contributed by atoms with Gasteiger partial charge < -0.3 is 14.6 Å². The Labute approximate surface area is 162 Å². The summed E-state index contributed by atoms with van der Waals surface area (Å²) in [6, 6.07) is 3.14. The van der Waals surface area contributed by atoms with Gasteiger partial charge in [-0.2, -0.15) is 13.2 Å². The summed E-state index contributed by atoms with van der Waals surface area (Å²) in [5.74, 6) is 0.902. The summed E-state index contributed by atoms with van der Waals surface area (Å²) in [4.78, 5) is 14.8. The summed E-state index contributed by atoms with van der Waals surface area (Å²) in [6.45, 7) is 2.96. The van der Waals surface area contributed by atoms with Crippen LogP contribution in [0, 0.1) is 24.0 Å². The van der Waals surface area contributed by atoms with Crippen LogP contribution in [0.5, 0.6) is 5.75 Å². The van der Waals surface area contributed by atoms with E-state index in [1.807, 2.05) is 0 Å². The van der Waals surface area contributed by atoms with Crippen molar-refractivity contribution in [3.05, 3.63) is 39.9 Å². The topological polar surface area (TPSA) is 103 Å². The van der Waals surface area contributed by atoms with Crippen molar-refractivity contribution < 1.29 is 27.4 Å². The van der Waals surface area contributed by atoms with Gasteiger partial charge in [0.25, 0.3) is 0 Å². The van der Waals surface area contributed by atoms with Crippen molar-refractivity contribution >= 4 is 22.3 Å². The van der Waals surface area contributed by atoms with Crippen LogP contribution in [0.3, 0.4) is 0 Å². The quantitative estimate of drug-likeness (QED) is 0.460. The molecule has 11 heteroatoms. The van der Waals surface area contributed by atoms with E-state index in [0.717, 1.165) is 6.20 Å². The maximum absolute atomic E-state index is 12.5. The summed E-state index contributed by atoms with van der Waals surface area (Å²) in [5.41, 5.74) is 1.79. The van der Waals surface area contributed by atoms with Crippen molar-refractivity contribution in [2.45, 2.75) is 26.4 Å². The van der Waals surface area contributed by atoms with Gasteiger partial charge in [-0.25, -0.2) is 4.98 Å². The smallest absolute Gasteiger partial charge is 0.390 e. The van der Waals surface area contributed by atoms with E-state index in [1.165, 1.54) is 13.2 Å². The molecule has 0 saturated carbocycles. The Kier molecular flexibility index (Phi) is 5.31. The number of aromatic nitrogens is 2. The van der Waals surface area contributed by atoms with Gasteiger partial charge in [0.05, 0.1) is 35.2 Å². The minimum atomic E-state index is -4.39. The number of nitrogens with one attached hydrogen (secondary N) is 1. The van der Waals surface area contributed by atoms with Crippen LogP contribution in [0.25, 0.3) is 22.0 Å². The molecule has 2 aromatic heterocycles. The molecule has 0 aliphatic carbocycles. The molecule has 8 nitrogen and oxygen atoms in total. The molecule has 29 heavy (non-hydrogen) atoms. The fourth-order valence-electron chi connectivity index (χ4n) is 3.09. The van der Waals surface area contributed by atoms with Gasteiger partial charge in [0.2, 0.25) is 0 Å². The van der Waals surface area contributed by atoms with E-state index >= 15 is 0 Å². The molecule has 1 aromatic carbocycles. The Hall–Kier alpha value is -3.37. The van der Waals surface area contributed by atoms with Gasteiger partial charge in [-0.3, -0.25) is 10.1 Å². The SMILES string of the molecule is COc1cc2c(NCCC(F)(F)F)c([N+](=O)[O-])cnc2cc1-c1c(C)noc1C. The van der Waals surface area contributed by atoms with Crippen LogP contribution in [-0.2, 0) is 0 Å². The fourth-order valence-corrected chi connectivity index (χ4v) is 3.09. The van der Waals surface area contributed by atoms with Gasteiger partial charge in [0.15, 0.2) is 0 Å². The number of anilines is 1. The lowest BCUT2D eigenvalue weighted by Crippen LogP contribution is -2.15. The molecule has 0 unspecified atom stereocenters. The minimum absolute atomic E-state index is 0.0483. The lowest BCUT2D eigenvalue weighted by atomic mass is 10.00. The molecular weight excluding hydrogens is 393 g/mol. The third-order valence-corrected chi connectivity index (χ3v) is 4.38. The molecule has 0 amide bonds. The Balaban J connectivity index is 2.18. The minimum Gasteiger partial charge on any atom is -0.496 e. The van der Waals surface area contributed by atoms with Crippen molar-refractivity contribution in [1.29, 1.82) is 0 Å². The van der Waals surface area contributed by atoms with Gasteiger partial charge in [-0.05, 0) is 26.0 Å². The van der Waals surface area contributed by atoms with Crippen molar-refractivity contribution in [2.24, 2.45) is 0 Å². The standard InChI is InChI=1S/C18H17F3N4O4/c1-9-16(10(2)29-24-9)12-6-13-11(7-15(12)28-3)17(14(8-23-13)25(26)27)22-5-4-18(19,20)21/h6-8H,4-5H2,1-3H3,(H,22,23). The van der Waals surface area contributed by atoms with Crippen LogP contribution in [0.1, 0.15) is 17.9 Å². The highest BCUT2D eigenvalue weighted by Crippen LogP contribution is 2.41. The molecular formula is C18H17F3N4O4. The van der Waals surface area contributed by atoms with Gasteiger partial charge in [-0.1, -0.05) is 5.16 Å². The molecule has 3 aromatic rings. The first kappa shape index (κ1) is 20.4. The lowest BCUT2D eigenvalue weighted by Gasteiger charge is -2.14. The molecule has 0 radical (unpaired) electrons. The number of pyridine rings is 1. The molecule has 0 spiro atoms. The van der Waals surface area contributed by atoms with Crippen molar-refractivity contribution in [1.82, 2.24) is 10.1 Å². The first-order valence-corrected chi connectivity index (χ1v) is 8.51. The average Bonchev–Trinajstić information content (AvgIpc) is 2.97. The number of ether oxygens (including phenoxy) is 1. The fraction of sp³-hybridized carbons (Fsp3) is 0.333. The number of nitro groups is 1. The normalized spacial score (nSPS) is 11.7. The van der Waals surface area contributed by atoms with Crippen molar-refractivity contribution in [3.63, 3.8) is 0 Å². The van der Waals surface area contributed by atoms with E-state index in [-0.39, 0.29) is 11.1 Å². The highest BCUT2D eigenvalue weighted by molar-refractivity contribution is 5.99. The van der Waals surface area contributed by atoms with Crippen LogP contribution in [0.4, 0.5) is 24.5 Å². The van der Waals surface area contributed by atoms with Gasteiger partial charge >= 0.3 is 11.9 Å². The number of halogens is 3. The van der Waals surface area contributed by atoms with Crippen molar-refractivity contribution in [3.8, 4) is 16.9 Å². The highest BCUT2D eigenvalue weighted by Gasteiger charge is 2.28. The molecule has 154 valence electrons. The maximum atomic E-state index is 12.5. The van der Waals surface area contributed by atoms with Gasteiger partial charge in [-0.15, -0.1) is 0 Å². The van der Waals surface area contributed by atoms with Gasteiger partial charge in [0, 0.05) is 17.5 Å². The molecule has 0 saturated heterocycles. The summed E-state index contributed by atoms with van der Waals surface area (Å²) in [6.07, 6.45) is -4.51. The number of rotatable bonds is 6. The Morgan fingerprint density at radius 1 is 1.31 bits per heavy atom. The number of hydrogen-bond acceptors (Lipinski definition) is 7. The predicted octanol–water partition coefficient (Wildman–Crippen LogP) is 4.79. The Morgan fingerprint density at radius 2 is 2.03 bits per heavy atom. The van der Waals surface area contributed by atoms with Crippen molar-refractivity contribution in [2.75, 3.05) is 19.0 Å². The number of alkyl halides is 3. The lowest BCUT2D eigenvalue weighted by molar-refractivity contribution is -0.384. The van der Waals surface area contributed by atoms with Crippen LogP contribution < -0.4 is 10.1 Å². The third kappa shape index (κ3) is 4.08. The molecule has 3 rings (SSSR count). The van der Waals surface area contributed by atoms with Crippen LogP contribution in [-0.4, -0.2) is 34.9 Å². The van der Waals surface area contributed by atoms with E-state index in [4.69, 9.17) is 9.26 Å². The van der Waals surface area contributed by atoms with E-state index in [9.17, 15) is 23.3 Å². The average molecular weight is 410 g/mol. The van der Waals surface area contributed by atoms with Crippen LogP contribution >= 0.6 is 0 Å². The van der Waals surface area contributed by atoms with E-state index in [0.29, 0.717) is 33.8 Å².